The lowest BCUT2D eigenvalue weighted by Crippen LogP contribution is -2.20. The summed E-state index contributed by atoms with van der Waals surface area (Å²) in [5.74, 6) is 1.41. The van der Waals surface area contributed by atoms with Crippen LogP contribution in [0.4, 0.5) is 0 Å². The van der Waals surface area contributed by atoms with Crippen LogP contribution in [0.25, 0.3) is 21.5 Å². The summed E-state index contributed by atoms with van der Waals surface area (Å²) in [6.07, 6.45) is 17.1. The summed E-state index contributed by atoms with van der Waals surface area (Å²) in [6, 6.07) is 15.6. The average molecular weight is 575 g/mol. The van der Waals surface area contributed by atoms with Crippen molar-refractivity contribution in [3.63, 3.8) is 0 Å². The summed E-state index contributed by atoms with van der Waals surface area (Å²) in [4.78, 5) is 25.4. The van der Waals surface area contributed by atoms with Gasteiger partial charge in [0.2, 0.25) is 0 Å². The zero-order valence-electron chi connectivity index (χ0n) is 25.0. The van der Waals surface area contributed by atoms with E-state index in [1.807, 2.05) is 48.5 Å². The molecular formula is C36H46O6. The predicted molar refractivity (Wildman–Crippen MR) is 166 cm³/mol. The molecular weight excluding hydrogens is 528 g/mol. The highest BCUT2D eigenvalue weighted by Crippen LogP contribution is 2.42. The Hall–Kier alpha value is -3.28. The number of ether oxygens (including phenoxy) is 4. The van der Waals surface area contributed by atoms with E-state index in [9.17, 15) is 9.59 Å². The van der Waals surface area contributed by atoms with Crippen LogP contribution in [0.3, 0.4) is 0 Å². The summed E-state index contributed by atoms with van der Waals surface area (Å²) >= 11 is 0. The highest BCUT2D eigenvalue weighted by atomic mass is 16.6. The third kappa shape index (κ3) is 8.39. The maximum atomic E-state index is 12.7. The van der Waals surface area contributed by atoms with Crippen molar-refractivity contribution in [1.82, 2.24) is 0 Å². The molecule has 0 heterocycles. The minimum atomic E-state index is -0.349. The zero-order chi connectivity index (χ0) is 29.0. The molecule has 6 heteroatoms. The molecule has 6 nitrogen and oxygen atoms in total. The van der Waals surface area contributed by atoms with E-state index in [4.69, 9.17) is 18.9 Å². The first-order chi connectivity index (χ1) is 20.7. The van der Waals surface area contributed by atoms with E-state index < -0.39 is 0 Å². The van der Waals surface area contributed by atoms with Crippen LogP contribution < -0.4 is 9.47 Å². The van der Waals surface area contributed by atoms with Gasteiger partial charge in [-0.3, -0.25) is 0 Å². The first kappa shape index (κ1) is 30.2. The Morgan fingerprint density at radius 3 is 1.14 bits per heavy atom. The fraction of sp³-hybridized carbons (Fsp3) is 0.556. The smallest absolute Gasteiger partial charge is 0.344 e. The van der Waals surface area contributed by atoms with Gasteiger partial charge in [0, 0.05) is 21.5 Å². The Morgan fingerprint density at radius 1 is 0.500 bits per heavy atom. The Kier molecular flexibility index (Phi) is 11.4. The zero-order valence-corrected chi connectivity index (χ0v) is 25.0. The number of rotatable bonds is 10. The van der Waals surface area contributed by atoms with Crippen LogP contribution in [0.2, 0.25) is 0 Å². The summed E-state index contributed by atoms with van der Waals surface area (Å²) in [6.45, 7) is 0.615. The lowest BCUT2D eigenvalue weighted by molar-refractivity contribution is -0.148. The van der Waals surface area contributed by atoms with Crippen LogP contribution in [0, 0.1) is 11.8 Å². The molecule has 2 fully saturated rings. The maximum absolute atomic E-state index is 12.7. The Bertz CT molecular complexity index is 1140. The maximum Gasteiger partial charge on any atom is 0.344 e. The second-order valence-corrected chi connectivity index (χ2v) is 12.1. The molecule has 3 aromatic carbocycles. The largest absolute Gasteiger partial charge is 0.481 e. The highest BCUT2D eigenvalue weighted by molar-refractivity contribution is 6.11. The minimum Gasteiger partial charge on any atom is -0.481 e. The summed E-state index contributed by atoms with van der Waals surface area (Å²) in [5.41, 5.74) is 0. The van der Waals surface area contributed by atoms with Crippen LogP contribution in [-0.2, 0) is 19.1 Å². The monoisotopic (exact) mass is 574 g/mol. The van der Waals surface area contributed by atoms with Crippen molar-refractivity contribution < 1.29 is 28.5 Å². The molecule has 2 saturated carbocycles. The molecule has 0 spiro atoms. The number of carbonyl (C=O) groups is 2. The molecule has 0 N–H and O–H groups in total. The van der Waals surface area contributed by atoms with Crippen molar-refractivity contribution in [3.8, 4) is 11.5 Å². The van der Waals surface area contributed by atoms with Gasteiger partial charge in [-0.2, -0.15) is 0 Å². The normalized spacial score (nSPS) is 17.5. The van der Waals surface area contributed by atoms with E-state index in [1.165, 1.54) is 64.2 Å². The highest BCUT2D eigenvalue weighted by Gasteiger charge is 2.20. The molecule has 0 bridgehead atoms. The molecule has 3 aromatic rings. The molecule has 0 radical (unpaired) electrons. The fourth-order valence-corrected chi connectivity index (χ4v) is 6.54. The summed E-state index contributed by atoms with van der Waals surface area (Å²) in [5, 5.41) is 3.28. The van der Waals surface area contributed by atoms with Gasteiger partial charge >= 0.3 is 11.9 Å². The fourth-order valence-electron chi connectivity index (χ4n) is 6.54. The van der Waals surface area contributed by atoms with Gasteiger partial charge in [-0.05, 0) is 37.5 Å². The Labute approximate surface area is 250 Å². The Morgan fingerprint density at radius 2 is 0.810 bits per heavy atom. The SMILES string of the molecule is O=C(COc1c2ccccc2c(OCC(=O)OCC2CCCCCCC2)c2ccccc12)OCC1CCCCCCC1. The molecule has 2 aliphatic carbocycles. The second kappa shape index (κ2) is 15.8. The third-order valence-corrected chi connectivity index (χ3v) is 8.91. The van der Waals surface area contributed by atoms with Crippen LogP contribution in [0.5, 0.6) is 11.5 Å². The molecule has 0 unspecified atom stereocenters. The van der Waals surface area contributed by atoms with Gasteiger partial charge in [-0.1, -0.05) is 113 Å². The van der Waals surface area contributed by atoms with Crippen LogP contribution >= 0.6 is 0 Å². The van der Waals surface area contributed by atoms with Crippen molar-refractivity contribution in [3.05, 3.63) is 48.5 Å². The van der Waals surface area contributed by atoms with Crippen LogP contribution in [0.15, 0.2) is 48.5 Å². The quantitative estimate of drug-likeness (QED) is 0.178. The van der Waals surface area contributed by atoms with Gasteiger partial charge in [-0.25, -0.2) is 9.59 Å². The van der Waals surface area contributed by atoms with E-state index >= 15 is 0 Å². The van der Waals surface area contributed by atoms with Crippen molar-refractivity contribution >= 4 is 33.5 Å². The van der Waals surface area contributed by atoms with E-state index in [0.717, 1.165) is 47.2 Å². The summed E-state index contributed by atoms with van der Waals surface area (Å²) < 4.78 is 23.6. The van der Waals surface area contributed by atoms with E-state index in [1.54, 1.807) is 0 Å². The van der Waals surface area contributed by atoms with E-state index in [0.29, 0.717) is 36.5 Å². The molecule has 0 amide bonds. The second-order valence-electron chi connectivity index (χ2n) is 12.1. The molecule has 0 aliphatic heterocycles. The predicted octanol–water partition coefficient (Wildman–Crippen LogP) is 8.56. The first-order valence-corrected chi connectivity index (χ1v) is 16.2. The Balaban J connectivity index is 1.24. The molecule has 42 heavy (non-hydrogen) atoms. The molecule has 0 saturated heterocycles. The molecule has 0 atom stereocenters. The minimum absolute atomic E-state index is 0.158. The van der Waals surface area contributed by atoms with E-state index in [-0.39, 0.29) is 25.2 Å². The van der Waals surface area contributed by atoms with Crippen molar-refractivity contribution in [1.29, 1.82) is 0 Å². The number of hydrogen-bond acceptors (Lipinski definition) is 6. The molecule has 0 aromatic heterocycles. The number of benzene rings is 3. The summed E-state index contributed by atoms with van der Waals surface area (Å²) in [7, 11) is 0. The standard InChI is InChI=1S/C36H46O6/c37-33(39-23-27-15-7-3-1-4-8-16-27)25-41-35-29-19-11-13-21-31(29)36(32-22-14-12-20-30(32)35)42-26-34(38)40-24-28-17-9-5-2-6-10-18-28/h11-14,19-22,27-28H,1-10,15-18,23-26H2. The third-order valence-electron chi connectivity index (χ3n) is 8.91. The van der Waals surface area contributed by atoms with Gasteiger partial charge in [-0.15, -0.1) is 0 Å². The lowest BCUT2D eigenvalue weighted by Gasteiger charge is -2.20. The average Bonchev–Trinajstić information content (AvgIpc) is 2.97. The van der Waals surface area contributed by atoms with Crippen molar-refractivity contribution in [2.75, 3.05) is 26.4 Å². The topological polar surface area (TPSA) is 71.1 Å². The number of fused-ring (bicyclic) bond motifs is 2. The van der Waals surface area contributed by atoms with Crippen LogP contribution in [-0.4, -0.2) is 38.4 Å². The number of carbonyl (C=O) groups excluding carboxylic acids is 2. The van der Waals surface area contributed by atoms with Gasteiger partial charge in [0.1, 0.15) is 11.5 Å². The number of hydrogen-bond donors (Lipinski definition) is 0. The molecule has 2 aliphatic rings. The van der Waals surface area contributed by atoms with Crippen molar-refractivity contribution in [2.45, 2.75) is 89.9 Å². The number of esters is 2. The van der Waals surface area contributed by atoms with Crippen molar-refractivity contribution in [2.24, 2.45) is 11.8 Å². The molecule has 226 valence electrons. The van der Waals surface area contributed by atoms with Gasteiger partial charge in [0.05, 0.1) is 13.2 Å². The van der Waals surface area contributed by atoms with Crippen LogP contribution in [0.1, 0.15) is 89.9 Å². The molecule has 5 rings (SSSR count). The van der Waals surface area contributed by atoms with Gasteiger partial charge < -0.3 is 18.9 Å². The van der Waals surface area contributed by atoms with Gasteiger partial charge in [0.25, 0.3) is 0 Å². The van der Waals surface area contributed by atoms with E-state index in [2.05, 4.69) is 0 Å². The first-order valence-electron chi connectivity index (χ1n) is 16.2. The lowest BCUT2D eigenvalue weighted by atomic mass is 9.92. The van der Waals surface area contributed by atoms with Gasteiger partial charge in [0.15, 0.2) is 13.2 Å².